The largest absolute Gasteiger partial charge is 0.478 e. The Labute approximate surface area is 127 Å². The summed E-state index contributed by atoms with van der Waals surface area (Å²) in [5, 5.41) is 12.2. The standard InChI is InChI=1S/C13H10Br2N2O2/c14-9-5-10(13(18)19)12(17-7-9)16-6-8-3-1-2-4-11(8)15/h1-5,7H,6H2,(H,16,17)(H,18,19). The lowest BCUT2D eigenvalue weighted by molar-refractivity contribution is 0.0697. The van der Waals surface area contributed by atoms with E-state index in [-0.39, 0.29) is 5.56 Å². The van der Waals surface area contributed by atoms with Crippen LogP contribution in [0, 0.1) is 0 Å². The molecule has 1 aromatic carbocycles. The number of hydrogen-bond acceptors (Lipinski definition) is 3. The quantitative estimate of drug-likeness (QED) is 0.837. The van der Waals surface area contributed by atoms with Crippen LogP contribution in [-0.2, 0) is 6.54 Å². The Balaban J connectivity index is 2.20. The molecule has 2 rings (SSSR count). The highest BCUT2D eigenvalue weighted by molar-refractivity contribution is 9.10. The fourth-order valence-electron chi connectivity index (χ4n) is 1.56. The van der Waals surface area contributed by atoms with Crippen LogP contribution in [-0.4, -0.2) is 16.1 Å². The molecule has 0 aliphatic rings. The van der Waals surface area contributed by atoms with Gasteiger partial charge in [0.15, 0.2) is 0 Å². The summed E-state index contributed by atoms with van der Waals surface area (Å²) in [6.07, 6.45) is 1.56. The molecule has 1 aromatic heterocycles. The fraction of sp³-hybridized carbons (Fsp3) is 0.0769. The van der Waals surface area contributed by atoms with E-state index in [2.05, 4.69) is 42.2 Å². The molecule has 0 saturated heterocycles. The van der Waals surface area contributed by atoms with Gasteiger partial charge in [0.05, 0.1) is 0 Å². The summed E-state index contributed by atoms with van der Waals surface area (Å²) in [4.78, 5) is 15.2. The maximum absolute atomic E-state index is 11.1. The van der Waals surface area contributed by atoms with Crippen molar-refractivity contribution in [3.05, 3.63) is 56.6 Å². The van der Waals surface area contributed by atoms with Gasteiger partial charge in [0, 0.05) is 21.7 Å². The first kappa shape index (κ1) is 14.0. The second-order valence-electron chi connectivity index (χ2n) is 3.80. The monoisotopic (exact) mass is 384 g/mol. The number of aromatic carboxylic acids is 1. The summed E-state index contributed by atoms with van der Waals surface area (Å²) in [5.41, 5.74) is 1.17. The van der Waals surface area contributed by atoms with Gasteiger partial charge in [-0.3, -0.25) is 0 Å². The molecule has 0 amide bonds. The number of hydrogen-bond donors (Lipinski definition) is 2. The number of aromatic nitrogens is 1. The molecule has 98 valence electrons. The molecule has 6 heteroatoms. The second-order valence-corrected chi connectivity index (χ2v) is 5.57. The van der Waals surface area contributed by atoms with Gasteiger partial charge in [-0.15, -0.1) is 0 Å². The number of benzene rings is 1. The Hall–Kier alpha value is -1.40. The number of carboxylic acids is 1. The Bertz CT molecular complexity index is 617. The lowest BCUT2D eigenvalue weighted by Gasteiger charge is -2.10. The van der Waals surface area contributed by atoms with Gasteiger partial charge in [-0.1, -0.05) is 34.1 Å². The van der Waals surface area contributed by atoms with E-state index in [1.165, 1.54) is 6.07 Å². The van der Waals surface area contributed by atoms with E-state index in [1.807, 2.05) is 24.3 Å². The third-order valence-corrected chi connectivity index (χ3v) is 3.70. The van der Waals surface area contributed by atoms with Crippen LogP contribution < -0.4 is 5.32 Å². The first-order chi connectivity index (χ1) is 9.08. The average molecular weight is 386 g/mol. The second kappa shape index (κ2) is 6.16. The first-order valence-corrected chi connectivity index (χ1v) is 7.02. The minimum absolute atomic E-state index is 0.140. The molecule has 1 heterocycles. The number of pyridine rings is 1. The minimum atomic E-state index is -1.01. The van der Waals surface area contributed by atoms with E-state index in [0.717, 1.165) is 10.0 Å². The zero-order valence-electron chi connectivity index (χ0n) is 9.73. The molecule has 0 aliphatic carbocycles. The summed E-state index contributed by atoms with van der Waals surface area (Å²) in [7, 11) is 0. The molecule has 0 aliphatic heterocycles. The van der Waals surface area contributed by atoms with Crippen LogP contribution in [0.15, 0.2) is 45.5 Å². The number of halogens is 2. The first-order valence-electron chi connectivity index (χ1n) is 5.44. The van der Waals surface area contributed by atoms with Gasteiger partial charge in [0.25, 0.3) is 0 Å². The molecule has 4 nitrogen and oxygen atoms in total. The molecule has 0 unspecified atom stereocenters. The molecule has 0 atom stereocenters. The summed E-state index contributed by atoms with van der Waals surface area (Å²) in [6.45, 7) is 0.496. The molecule has 19 heavy (non-hydrogen) atoms. The van der Waals surface area contributed by atoms with Crippen molar-refractivity contribution in [2.24, 2.45) is 0 Å². The van der Waals surface area contributed by atoms with Crippen molar-refractivity contribution in [3.8, 4) is 0 Å². The number of rotatable bonds is 4. The predicted octanol–water partition coefficient (Wildman–Crippen LogP) is 3.92. The average Bonchev–Trinajstić information content (AvgIpc) is 2.38. The van der Waals surface area contributed by atoms with Crippen LogP contribution in [0.1, 0.15) is 15.9 Å². The van der Waals surface area contributed by atoms with E-state index in [9.17, 15) is 4.79 Å². The number of anilines is 1. The van der Waals surface area contributed by atoms with Crippen molar-refractivity contribution >= 4 is 43.6 Å². The highest BCUT2D eigenvalue weighted by Crippen LogP contribution is 2.21. The lowest BCUT2D eigenvalue weighted by Crippen LogP contribution is -2.08. The van der Waals surface area contributed by atoms with Crippen molar-refractivity contribution in [3.63, 3.8) is 0 Å². The zero-order chi connectivity index (χ0) is 13.8. The smallest absolute Gasteiger partial charge is 0.339 e. The molecule has 2 aromatic rings. The molecular formula is C13H10Br2N2O2. The molecular weight excluding hydrogens is 376 g/mol. The van der Waals surface area contributed by atoms with Crippen molar-refractivity contribution in [2.45, 2.75) is 6.54 Å². The van der Waals surface area contributed by atoms with Crippen molar-refractivity contribution in [1.29, 1.82) is 0 Å². The topological polar surface area (TPSA) is 62.2 Å². The molecule has 2 N–H and O–H groups in total. The van der Waals surface area contributed by atoms with Crippen LogP contribution in [0.2, 0.25) is 0 Å². The van der Waals surface area contributed by atoms with Crippen molar-refractivity contribution in [1.82, 2.24) is 4.98 Å². The van der Waals surface area contributed by atoms with Crippen LogP contribution >= 0.6 is 31.9 Å². The van der Waals surface area contributed by atoms with Crippen LogP contribution in [0.25, 0.3) is 0 Å². The van der Waals surface area contributed by atoms with Gasteiger partial charge >= 0.3 is 5.97 Å². The third kappa shape index (κ3) is 3.54. The molecule has 0 radical (unpaired) electrons. The van der Waals surface area contributed by atoms with Crippen LogP contribution in [0.4, 0.5) is 5.82 Å². The summed E-state index contributed by atoms with van der Waals surface area (Å²) in [6, 6.07) is 9.27. The van der Waals surface area contributed by atoms with Gasteiger partial charge in [-0.05, 0) is 33.6 Å². The van der Waals surface area contributed by atoms with E-state index in [4.69, 9.17) is 5.11 Å². The third-order valence-electron chi connectivity index (χ3n) is 2.49. The van der Waals surface area contributed by atoms with E-state index in [0.29, 0.717) is 16.8 Å². The van der Waals surface area contributed by atoms with Gasteiger partial charge in [-0.2, -0.15) is 0 Å². The van der Waals surface area contributed by atoms with E-state index < -0.39 is 5.97 Å². The molecule has 0 fully saturated rings. The lowest BCUT2D eigenvalue weighted by atomic mass is 10.2. The Morgan fingerprint density at radius 2 is 2.05 bits per heavy atom. The minimum Gasteiger partial charge on any atom is -0.478 e. The Morgan fingerprint density at radius 1 is 1.32 bits per heavy atom. The fourth-order valence-corrected chi connectivity index (χ4v) is 2.32. The van der Waals surface area contributed by atoms with E-state index >= 15 is 0 Å². The highest BCUT2D eigenvalue weighted by Gasteiger charge is 2.12. The molecule has 0 bridgehead atoms. The highest BCUT2D eigenvalue weighted by atomic mass is 79.9. The Morgan fingerprint density at radius 3 is 2.74 bits per heavy atom. The van der Waals surface area contributed by atoms with Gasteiger partial charge in [0.1, 0.15) is 11.4 Å². The molecule has 0 saturated carbocycles. The summed E-state index contributed by atoms with van der Waals surface area (Å²) in [5.74, 6) is -0.658. The number of carbonyl (C=O) groups is 1. The maximum atomic E-state index is 11.1. The maximum Gasteiger partial charge on any atom is 0.339 e. The Kier molecular flexibility index (Phi) is 4.55. The molecule has 0 spiro atoms. The van der Waals surface area contributed by atoms with Crippen molar-refractivity contribution < 1.29 is 9.90 Å². The number of carboxylic acid groups (broad SMARTS) is 1. The van der Waals surface area contributed by atoms with Crippen LogP contribution in [0.5, 0.6) is 0 Å². The predicted molar refractivity (Wildman–Crippen MR) is 80.4 cm³/mol. The van der Waals surface area contributed by atoms with Gasteiger partial charge < -0.3 is 10.4 Å². The van der Waals surface area contributed by atoms with Gasteiger partial charge in [0.2, 0.25) is 0 Å². The zero-order valence-corrected chi connectivity index (χ0v) is 12.9. The normalized spacial score (nSPS) is 10.2. The number of nitrogens with one attached hydrogen (secondary N) is 1. The summed E-state index contributed by atoms with van der Waals surface area (Å²) < 4.78 is 1.60. The number of nitrogens with zero attached hydrogens (tertiary/aromatic N) is 1. The van der Waals surface area contributed by atoms with Crippen LogP contribution in [0.3, 0.4) is 0 Å². The summed E-state index contributed by atoms with van der Waals surface area (Å²) >= 11 is 6.66. The van der Waals surface area contributed by atoms with E-state index in [1.54, 1.807) is 6.20 Å². The SMILES string of the molecule is O=C(O)c1cc(Br)cnc1NCc1ccccc1Br. The van der Waals surface area contributed by atoms with Crippen molar-refractivity contribution in [2.75, 3.05) is 5.32 Å². The van der Waals surface area contributed by atoms with Gasteiger partial charge in [-0.25, -0.2) is 9.78 Å².